The van der Waals surface area contributed by atoms with Crippen LogP contribution in [0.25, 0.3) is 0 Å². The molecule has 0 bridgehead atoms. The first-order valence-corrected chi connectivity index (χ1v) is 6.84. The maximum Gasteiger partial charge on any atom is 0.312 e. The van der Waals surface area contributed by atoms with Crippen molar-refractivity contribution in [2.45, 2.75) is 39.2 Å². The number of rotatable bonds is 3. The molecule has 0 saturated heterocycles. The van der Waals surface area contributed by atoms with E-state index in [-0.39, 0.29) is 23.1 Å². The minimum atomic E-state index is -0.493. The standard InChI is InChI=1S/C14H18N4O2/c1-9-4-3-5-12(10(9)2)17-14-13(18(19)20)6-11(7-15)8-16-14/h6,8-10,12H,3-5H2,1-2H3,(H,16,17). The zero-order valence-electron chi connectivity index (χ0n) is 11.7. The molecule has 0 amide bonds. The second-order valence-electron chi connectivity index (χ2n) is 5.48. The Bertz CT molecular complexity index is 553. The summed E-state index contributed by atoms with van der Waals surface area (Å²) in [6.45, 7) is 4.37. The summed E-state index contributed by atoms with van der Waals surface area (Å²) in [5, 5.41) is 23.1. The van der Waals surface area contributed by atoms with Crippen LogP contribution in [0.3, 0.4) is 0 Å². The highest BCUT2D eigenvalue weighted by molar-refractivity contribution is 5.58. The Morgan fingerprint density at radius 2 is 2.25 bits per heavy atom. The summed E-state index contributed by atoms with van der Waals surface area (Å²) in [5.74, 6) is 1.31. The van der Waals surface area contributed by atoms with Crippen LogP contribution < -0.4 is 5.32 Å². The molecule has 1 saturated carbocycles. The molecular formula is C14H18N4O2. The summed E-state index contributed by atoms with van der Waals surface area (Å²) in [7, 11) is 0. The van der Waals surface area contributed by atoms with Crippen molar-refractivity contribution in [3.8, 4) is 6.07 Å². The molecule has 2 rings (SSSR count). The smallest absolute Gasteiger partial charge is 0.312 e. The van der Waals surface area contributed by atoms with Gasteiger partial charge in [-0.2, -0.15) is 5.26 Å². The van der Waals surface area contributed by atoms with E-state index in [1.165, 1.54) is 18.7 Å². The highest BCUT2D eigenvalue weighted by Crippen LogP contribution is 2.33. The van der Waals surface area contributed by atoms with E-state index < -0.39 is 4.92 Å². The van der Waals surface area contributed by atoms with Crippen LogP contribution in [0.2, 0.25) is 0 Å². The van der Waals surface area contributed by atoms with E-state index in [0.717, 1.165) is 12.8 Å². The Balaban J connectivity index is 2.25. The minimum Gasteiger partial charge on any atom is -0.361 e. The lowest BCUT2D eigenvalue weighted by Gasteiger charge is -2.34. The summed E-state index contributed by atoms with van der Waals surface area (Å²) < 4.78 is 0. The van der Waals surface area contributed by atoms with E-state index in [4.69, 9.17) is 5.26 Å². The van der Waals surface area contributed by atoms with Crippen molar-refractivity contribution >= 4 is 11.5 Å². The molecule has 1 aliphatic carbocycles. The zero-order chi connectivity index (χ0) is 14.7. The number of hydrogen-bond donors (Lipinski definition) is 1. The summed E-state index contributed by atoms with van der Waals surface area (Å²) in [6.07, 6.45) is 4.67. The van der Waals surface area contributed by atoms with Gasteiger partial charge < -0.3 is 5.32 Å². The fraction of sp³-hybridized carbons (Fsp3) is 0.571. The zero-order valence-corrected chi connectivity index (χ0v) is 11.7. The number of hydrogen-bond acceptors (Lipinski definition) is 5. The fourth-order valence-corrected chi connectivity index (χ4v) is 2.73. The van der Waals surface area contributed by atoms with Crippen molar-refractivity contribution in [2.75, 3.05) is 5.32 Å². The van der Waals surface area contributed by atoms with Crippen LogP contribution in [0.15, 0.2) is 12.3 Å². The number of nitriles is 1. The molecule has 1 heterocycles. The van der Waals surface area contributed by atoms with Crippen LogP contribution in [0.5, 0.6) is 0 Å². The molecule has 1 fully saturated rings. The molecule has 3 atom stereocenters. The van der Waals surface area contributed by atoms with Gasteiger partial charge in [0.2, 0.25) is 5.82 Å². The van der Waals surface area contributed by atoms with Crippen LogP contribution in [0.1, 0.15) is 38.7 Å². The van der Waals surface area contributed by atoms with Gasteiger partial charge in [0, 0.05) is 18.3 Å². The van der Waals surface area contributed by atoms with Gasteiger partial charge in [0.1, 0.15) is 6.07 Å². The number of aromatic nitrogens is 1. The first kappa shape index (κ1) is 14.3. The van der Waals surface area contributed by atoms with Gasteiger partial charge in [-0.15, -0.1) is 0 Å². The van der Waals surface area contributed by atoms with Crippen molar-refractivity contribution in [2.24, 2.45) is 11.8 Å². The maximum absolute atomic E-state index is 11.1. The van der Waals surface area contributed by atoms with Gasteiger partial charge in [0.15, 0.2) is 0 Å². The number of nitrogens with one attached hydrogen (secondary N) is 1. The van der Waals surface area contributed by atoms with Gasteiger partial charge in [0.05, 0.1) is 10.5 Å². The molecule has 1 aromatic rings. The number of anilines is 1. The van der Waals surface area contributed by atoms with Crippen molar-refractivity contribution in [3.63, 3.8) is 0 Å². The summed E-state index contributed by atoms with van der Waals surface area (Å²) in [5.41, 5.74) is 0.0711. The minimum absolute atomic E-state index is 0.130. The number of pyridine rings is 1. The monoisotopic (exact) mass is 274 g/mol. The molecule has 0 aliphatic heterocycles. The molecule has 0 radical (unpaired) electrons. The topological polar surface area (TPSA) is 91.8 Å². The predicted molar refractivity (Wildman–Crippen MR) is 75.2 cm³/mol. The van der Waals surface area contributed by atoms with Crippen LogP contribution in [-0.2, 0) is 0 Å². The Hall–Kier alpha value is -2.16. The normalized spacial score (nSPS) is 25.8. The molecule has 20 heavy (non-hydrogen) atoms. The molecule has 1 aromatic heterocycles. The quantitative estimate of drug-likeness (QED) is 0.675. The summed E-state index contributed by atoms with van der Waals surface area (Å²) in [6, 6.07) is 3.34. The molecule has 106 valence electrons. The second-order valence-corrected chi connectivity index (χ2v) is 5.48. The molecule has 0 aromatic carbocycles. The Labute approximate surface area is 118 Å². The highest BCUT2D eigenvalue weighted by atomic mass is 16.6. The van der Waals surface area contributed by atoms with Crippen LogP contribution in [0, 0.1) is 33.3 Å². The average molecular weight is 274 g/mol. The van der Waals surface area contributed by atoms with E-state index in [1.807, 2.05) is 6.07 Å². The largest absolute Gasteiger partial charge is 0.361 e. The molecule has 6 nitrogen and oxygen atoms in total. The first-order chi connectivity index (χ1) is 9.52. The van der Waals surface area contributed by atoms with E-state index >= 15 is 0 Å². The van der Waals surface area contributed by atoms with Gasteiger partial charge >= 0.3 is 5.69 Å². The molecular weight excluding hydrogens is 256 g/mol. The van der Waals surface area contributed by atoms with E-state index in [9.17, 15) is 10.1 Å². The fourth-order valence-electron chi connectivity index (χ4n) is 2.73. The van der Waals surface area contributed by atoms with Gasteiger partial charge in [0.25, 0.3) is 0 Å². The first-order valence-electron chi connectivity index (χ1n) is 6.84. The maximum atomic E-state index is 11.1. The van der Waals surface area contributed by atoms with Gasteiger partial charge in [-0.1, -0.05) is 26.7 Å². The van der Waals surface area contributed by atoms with Crippen LogP contribution in [0.4, 0.5) is 11.5 Å². The third-order valence-corrected chi connectivity index (χ3v) is 4.22. The van der Waals surface area contributed by atoms with Crippen molar-refractivity contribution < 1.29 is 4.92 Å². The van der Waals surface area contributed by atoms with Crippen molar-refractivity contribution in [1.82, 2.24) is 4.98 Å². The van der Waals surface area contributed by atoms with Gasteiger partial charge in [-0.25, -0.2) is 4.98 Å². The van der Waals surface area contributed by atoms with E-state index in [0.29, 0.717) is 11.8 Å². The third kappa shape index (κ3) is 2.87. The molecule has 3 unspecified atom stereocenters. The second kappa shape index (κ2) is 5.87. The third-order valence-electron chi connectivity index (χ3n) is 4.22. The predicted octanol–water partition coefficient (Wildman–Crippen LogP) is 3.10. The summed E-state index contributed by atoms with van der Waals surface area (Å²) in [4.78, 5) is 14.6. The van der Waals surface area contributed by atoms with E-state index in [1.54, 1.807) is 0 Å². The lowest BCUT2D eigenvalue weighted by Crippen LogP contribution is -2.35. The average Bonchev–Trinajstić information content (AvgIpc) is 2.44. The Morgan fingerprint density at radius 3 is 2.90 bits per heavy atom. The molecule has 1 aliphatic rings. The SMILES string of the molecule is CC1CCCC(Nc2ncc(C#N)cc2[N+](=O)[O-])C1C. The van der Waals surface area contributed by atoms with Crippen molar-refractivity contribution in [1.29, 1.82) is 5.26 Å². The molecule has 1 N–H and O–H groups in total. The molecule has 6 heteroatoms. The number of nitro groups is 1. The Morgan fingerprint density at radius 1 is 1.50 bits per heavy atom. The molecule has 0 spiro atoms. The van der Waals surface area contributed by atoms with Gasteiger partial charge in [-0.3, -0.25) is 10.1 Å². The van der Waals surface area contributed by atoms with Gasteiger partial charge in [-0.05, 0) is 18.3 Å². The summed E-state index contributed by atoms with van der Waals surface area (Å²) >= 11 is 0. The van der Waals surface area contributed by atoms with Crippen molar-refractivity contribution in [3.05, 3.63) is 27.9 Å². The lowest BCUT2D eigenvalue weighted by molar-refractivity contribution is -0.384. The highest BCUT2D eigenvalue weighted by Gasteiger charge is 2.29. The van der Waals surface area contributed by atoms with Crippen LogP contribution in [-0.4, -0.2) is 15.9 Å². The Kier molecular flexibility index (Phi) is 4.18. The number of nitrogens with zero attached hydrogens (tertiary/aromatic N) is 3. The van der Waals surface area contributed by atoms with E-state index in [2.05, 4.69) is 24.1 Å². The lowest BCUT2D eigenvalue weighted by atomic mass is 9.78. The van der Waals surface area contributed by atoms with Crippen LogP contribution >= 0.6 is 0 Å².